The molecular weight excluding hydrogens is 494 g/mol. The number of nitrogens with one attached hydrogen (secondary N) is 1. The zero-order valence-electron chi connectivity index (χ0n) is 19.3. The Labute approximate surface area is 201 Å². The van der Waals surface area contributed by atoms with Gasteiger partial charge in [-0.15, -0.1) is 0 Å². The van der Waals surface area contributed by atoms with E-state index in [0.29, 0.717) is 50.7 Å². The number of ether oxygens (including phenoxy) is 1. The van der Waals surface area contributed by atoms with Crippen LogP contribution in [0.5, 0.6) is 0 Å². The van der Waals surface area contributed by atoms with E-state index in [-0.39, 0.29) is 23.8 Å². The van der Waals surface area contributed by atoms with Gasteiger partial charge in [0.25, 0.3) is 0 Å². The quantitative estimate of drug-likeness (QED) is 0.595. The number of carbonyl (C=O) groups excluding carboxylic acids is 3. The van der Waals surface area contributed by atoms with Crippen LogP contribution in [-0.4, -0.2) is 80.1 Å². The Bertz CT molecular complexity index is 997. The van der Waals surface area contributed by atoms with Crippen molar-refractivity contribution in [2.24, 2.45) is 5.92 Å². The molecule has 0 aromatic carbocycles. The second-order valence-electron chi connectivity index (χ2n) is 8.07. The molecule has 33 heavy (non-hydrogen) atoms. The van der Waals surface area contributed by atoms with Gasteiger partial charge in [0.15, 0.2) is 0 Å². The maximum Gasteiger partial charge on any atom is 0.409 e. The van der Waals surface area contributed by atoms with Crippen molar-refractivity contribution >= 4 is 39.5 Å². The van der Waals surface area contributed by atoms with Crippen LogP contribution in [0.1, 0.15) is 32.5 Å². The molecule has 2 aromatic heterocycles. The number of hydrogen-bond donors (Lipinski definition) is 1. The SMILES string of the molecule is CCOC(=O)N1CCN(C(=O)C(C)n2cc(NC(=O)C(C)Cn3cc(Br)cn3)c(C)n2)CC1. The first-order chi connectivity index (χ1) is 15.7. The van der Waals surface area contributed by atoms with E-state index < -0.39 is 6.04 Å². The van der Waals surface area contributed by atoms with Gasteiger partial charge >= 0.3 is 6.09 Å². The van der Waals surface area contributed by atoms with Crippen LogP contribution in [0.25, 0.3) is 0 Å². The molecule has 1 N–H and O–H groups in total. The molecule has 1 saturated heterocycles. The number of rotatable bonds is 7. The Hall–Kier alpha value is -2.89. The first kappa shape index (κ1) is 24.7. The highest BCUT2D eigenvalue weighted by Crippen LogP contribution is 2.20. The minimum Gasteiger partial charge on any atom is -0.450 e. The van der Waals surface area contributed by atoms with E-state index in [1.807, 2.05) is 13.1 Å². The van der Waals surface area contributed by atoms with Crippen molar-refractivity contribution < 1.29 is 19.1 Å². The monoisotopic (exact) mass is 523 g/mol. The van der Waals surface area contributed by atoms with E-state index in [4.69, 9.17) is 4.74 Å². The lowest BCUT2D eigenvalue weighted by Crippen LogP contribution is -2.52. The average molecular weight is 524 g/mol. The van der Waals surface area contributed by atoms with Crippen LogP contribution in [0.15, 0.2) is 23.1 Å². The summed E-state index contributed by atoms with van der Waals surface area (Å²) in [5, 5.41) is 11.5. The van der Waals surface area contributed by atoms with Crippen LogP contribution >= 0.6 is 15.9 Å². The van der Waals surface area contributed by atoms with Crippen molar-refractivity contribution in [1.29, 1.82) is 0 Å². The van der Waals surface area contributed by atoms with Gasteiger partial charge in [-0.2, -0.15) is 10.2 Å². The van der Waals surface area contributed by atoms with E-state index in [9.17, 15) is 14.4 Å². The smallest absolute Gasteiger partial charge is 0.409 e. The maximum absolute atomic E-state index is 13.0. The first-order valence-electron chi connectivity index (χ1n) is 10.9. The summed E-state index contributed by atoms with van der Waals surface area (Å²) in [5.41, 5.74) is 1.20. The van der Waals surface area contributed by atoms with Gasteiger partial charge in [0.1, 0.15) is 6.04 Å². The third kappa shape index (κ3) is 6.12. The van der Waals surface area contributed by atoms with Crippen LogP contribution in [0.3, 0.4) is 0 Å². The second kappa shape index (κ2) is 10.8. The summed E-state index contributed by atoms with van der Waals surface area (Å²) in [6.45, 7) is 9.66. The third-order valence-corrected chi connectivity index (χ3v) is 5.97. The fourth-order valence-corrected chi connectivity index (χ4v) is 3.89. The van der Waals surface area contributed by atoms with Gasteiger partial charge in [0.2, 0.25) is 11.8 Å². The van der Waals surface area contributed by atoms with E-state index in [2.05, 4.69) is 31.4 Å². The number of hydrogen-bond acceptors (Lipinski definition) is 6. The van der Waals surface area contributed by atoms with Gasteiger partial charge in [0, 0.05) is 38.6 Å². The molecule has 3 amide bonds. The molecule has 11 nitrogen and oxygen atoms in total. The summed E-state index contributed by atoms with van der Waals surface area (Å²) in [6.07, 6.45) is 4.82. The van der Waals surface area contributed by atoms with Crippen molar-refractivity contribution in [3.05, 3.63) is 28.8 Å². The van der Waals surface area contributed by atoms with Gasteiger partial charge in [0.05, 0.1) is 41.1 Å². The van der Waals surface area contributed by atoms with E-state index in [0.717, 1.165) is 4.47 Å². The fourth-order valence-electron chi connectivity index (χ4n) is 3.56. The van der Waals surface area contributed by atoms with Crippen molar-refractivity contribution in [1.82, 2.24) is 29.4 Å². The van der Waals surface area contributed by atoms with Crippen molar-refractivity contribution in [3.63, 3.8) is 0 Å². The summed E-state index contributed by atoms with van der Waals surface area (Å²) >= 11 is 3.35. The van der Waals surface area contributed by atoms with E-state index in [1.54, 1.807) is 52.3 Å². The van der Waals surface area contributed by atoms with Crippen molar-refractivity contribution in [2.75, 3.05) is 38.1 Å². The minimum absolute atomic E-state index is 0.0866. The third-order valence-electron chi connectivity index (χ3n) is 5.56. The predicted molar refractivity (Wildman–Crippen MR) is 125 cm³/mol. The Balaban J connectivity index is 1.57. The zero-order valence-corrected chi connectivity index (χ0v) is 20.9. The van der Waals surface area contributed by atoms with Crippen molar-refractivity contribution in [3.8, 4) is 0 Å². The number of aryl methyl sites for hydroxylation is 1. The van der Waals surface area contributed by atoms with Gasteiger partial charge in [-0.1, -0.05) is 6.92 Å². The molecule has 0 aliphatic carbocycles. The molecular formula is C21H30BrN7O4. The minimum atomic E-state index is -0.539. The number of aromatic nitrogens is 4. The number of nitrogens with zero attached hydrogens (tertiary/aromatic N) is 6. The molecule has 3 heterocycles. The van der Waals surface area contributed by atoms with Gasteiger partial charge in [-0.3, -0.25) is 19.0 Å². The number of carbonyl (C=O) groups is 3. The Morgan fingerprint density at radius 2 is 1.82 bits per heavy atom. The topological polar surface area (TPSA) is 115 Å². The molecule has 0 saturated carbocycles. The number of halogens is 1. The lowest BCUT2D eigenvalue weighted by Gasteiger charge is -2.35. The highest BCUT2D eigenvalue weighted by Gasteiger charge is 2.29. The zero-order chi connectivity index (χ0) is 24.1. The summed E-state index contributed by atoms with van der Waals surface area (Å²) in [5.74, 6) is -0.552. The number of anilines is 1. The highest BCUT2D eigenvalue weighted by atomic mass is 79.9. The summed E-state index contributed by atoms with van der Waals surface area (Å²) in [4.78, 5) is 40.8. The largest absolute Gasteiger partial charge is 0.450 e. The lowest BCUT2D eigenvalue weighted by atomic mass is 10.1. The van der Waals surface area contributed by atoms with E-state index in [1.165, 1.54) is 0 Å². The second-order valence-corrected chi connectivity index (χ2v) is 8.98. The Morgan fingerprint density at radius 3 is 2.42 bits per heavy atom. The van der Waals surface area contributed by atoms with Gasteiger partial charge < -0.3 is 19.9 Å². The highest BCUT2D eigenvalue weighted by molar-refractivity contribution is 9.10. The fraction of sp³-hybridized carbons (Fsp3) is 0.571. The molecule has 0 spiro atoms. The molecule has 2 atom stereocenters. The normalized spacial score (nSPS) is 15.8. The molecule has 0 bridgehead atoms. The van der Waals surface area contributed by atoms with Crippen LogP contribution < -0.4 is 5.32 Å². The standard InChI is InChI=1S/C21H30BrN7O4/c1-5-33-21(32)27-8-6-26(7-9-27)20(31)16(4)29-13-18(15(3)25-29)24-19(30)14(2)11-28-12-17(22)10-23-28/h10,12-14,16H,5-9,11H2,1-4H3,(H,24,30). The Morgan fingerprint density at radius 1 is 1.15 bits per heavy atom. The van der Waals surface area contributed by atoms with E-state index >= 15 is 0 Å². The first-order valence-corrected chi connectivity index (χ1v) is 11.7. The number of piperazine rings is 1. The predicted octanol–water partition coefficient (Wildman–Crippen LogP) is 2.29. The van der Waals surface area contributed by atoms with Crippen LogP contribution in [0, 0.1) is 12.8 Å². The van der Waals surface area contributed by atoms with Gasteiger partial charge in [-0.05, 0) is 36.7 Å². The number of amides is 3. The molecule has 2 unspecified atom stereocenters. The summed E-state index contributed by atoms with van der Waals surface area (Å²) < 4.78 is 9.15. The van der Waals surface area contributed by atoms with Crippen LogP contribution in [-0.2, 0) is 20.9 Å². The Kier molecular flexibility index (Phi) is 8.11. The molecule has 1 fully saturated rings. The molecule has 1 aliphatic heterocycles. The van der Waals surface area contributed by atoms with Crippen LogP contribution in [0.2, 0.25) is 0 Å². The molecule has 0 radical (unpaired) electrons. The van der Waals surface area contributed by atoms with Crippen molar-refractivity contribution in [2.45, 2.75) is 40.3 Å². The van der Waals surface area contributed by atoms with Gasteiger partial charge in [-0.25, -0.2) is 4.79 Å². The van der Waals surface area contributed by atoms with Crippen LogP contribution in [0.4, 0.5) is 10.5 Å². The molecule has 180 valence electrons. The average Bonchev–Trinajstić information content (AvgIpc) is 3.37. The lowest BCUT2D eigenvalue weighted by molar-refractivity contribution is -0.136. The maximum atomic E-state index is 13.0. The summed E-state index contributed by atoms with van der Waals surface area (Å²) in [7, 11) is 0. The molecule has 12 heteroatoms. The summed E-state index contributed by atoms with van der Waals surface area (Å²) in [6, 6.07) is -0.539. The molecule has 3 rings (SSSR count). The molecule has 1 aliphatic rings. The molecule has 2 aromatic rings.